The molecule has 1 aliphatic rings. The predicted octanol–water partition coefficient (Wildman–Crippen LogP) is 1.70. The SMILES string of the molecule is Cn1c(C2CC2)cc2ccc(S(N)(=O)=O)cc21. The van der Waals surface area contributed by atoms with Gasteiger partial charge in [-0.2, -0.15) is 0 Å². The molecule has 1 aliphatic carbocycles. The van der Waals surface area contributed by atoms with Gasteiger partial charge in [0, 0.05) is 18.3 Å². The molecule has 1 aromatic heterocycles. The van der Waals surface area contributed by atoms with E-state index in [1.54, 1.807) is 12.1 Å². The second-order valence-electron chi connectivity index (χ2n) is 4.67. The number of primary sulfonamides is 1. The summed E-state index contributed by atoms with van der Waals surface area (Å²) in [6.07, 6.45) is 2.46. The van der Waals surface area contributed by atoms with Crippen molar-refractivity contribution in [1.29, 1.82) is 0 Å². The third kappa shape index (κ3) is 1.75. The Kier molecular flexibility index (Phi) is 2.12. The molecule has 2 N–H and O–H groups in total. The Morgan fingerprint density at radius 2 is 2.00 bits per heavy atom. The van der Waals surface area contributed by atoms with Gasteiger partial charge in [0.25, 0.3) is 0 Å². The normalized spacial score (nSPS) is 16.6. The molecule has 90 valence electrons. The molecule has 0 spiro atoms. The van der Waals surface area contributed by atoms with Crippen LogP contribution >= 0.6 is 0 Å². The van der Waals surface area contributed by atoms with Crippen LogP contribution in [0.2, 0.25) is 0 Å². The lowest BCUT2D eigenvalue weighted by Crippen LogP contribution is -2.12. The quantitative estimate of drug-likeness (QED) is 0.881. The van der Waals surface area contributed by atoms with E-state index in [0.29, 0.717) is 5.92 Å². The van der Waals surface area contributed by atoms with Crippen LogP contribution < -0.4 is 5.14 Å². The van der Waals surface area contributed by atoms with Crippen molar-refractivity contribution in [3.05, 3.63) is 30.0 Å². The van der Waals surface area contributed by atoms with Gasteiger partial charge >= 0.3 is 0 Å². The molecular weight excluding hydrogens is 236 g/mol. The van der Waals surface area contributed by atoms with E-state index in [4.69, 9.17) is 5.14 Å². The van der Waals surface area contributed by atoms with Crippen molar-refractivity contribution in [3.63, 3.8) is 0 Å². The van der Waals surface area contributed by atoms with Crippen molar-refractivity contribution in [2.24, 2.45) is 12.2 Å². The van der Waals surface area contributed by atoms with Crippen LogP contribution in [-0.4, -0.2) is 13.0 Å². The van der Waals surface area contributed by atoms with Gasteiger partial charge in [0.05, 0.1) is 4.90 Å². The van der Waals surface area contributed by atoms with Crippen molar-refractivity contribution in [1.82, 2.24) is 4.57 Å². The number of hydrogen-bond acceptors (Lipinski definition) is 2. The topological polar surface area (TPSA) is 65.1 Å². The van der Waals surface area contributed by atoms with E-state index < -0.39 is 10.0 Å². The Balaban J connectivity index is 2.25. The van der Waals surface area contributed by atoms with Gasteiger partial charge in [-0.1, -0.05) is 6.07 Å². The van der Waals surface area contributed by atoms with E-state index in [2.05, 4.69) is 10.6 Å². The average molecular weight is 250 g/mol. The predicted molar refractivity (Wildman–Crippen MR) is 66.3 cm³/mol. The summed E-state index contributed by atoms with van der Waals surface area (Å²) < 4.78 is 24.7. The van der Waals surface area contributed by atoms with E-state index in [0.717, 1.165) is 10.9 Å². The molecule has 17 heavy (non-hydrogen) atoms. The molecule has 1 fully saturated rings. The first-order valence-electron chi connectivity index (χ1n) is 5.59. The Hall–Kier alpha value is -1.33. The maximum atomic E-state index is 11.3. The van der Waals surface area contributed by atoms with Gasteiger partial charge in [0.2, 0.25) is 10.0 Å². The number of sulfonamides is 1. The third-order valence-corrected chi connectivity index (χ3v) is 4.29. The zero-order valence-corrected chi connectivity index (χ0v) is 10.4. The first-order chi connectivity index (χ1) is 7.97. The summed E-state index contributed by atoms with van der Waals surface area (Å²) in [4.78, 5) is 0.175. The molecule has 5 heteroatoms. The van der Waals surface area contributed by atoms with Crippen molar-refractivity contribution in [2.45, 2.75) is 23.7 Å². The molecule has 1 saturated carbocycles. The van der Waals surface area contributed by atoms with Gasteiger partial charge in [0.15, 0.2) is 0 Å². The summed E-state index contributed by atoms with van der Waals surface area (Å²) in [6, 6.07) is 7.17. The highest BCUT2D eigenvalue weighted by atomic mass is 32.2. The first kappa shape index (κ1) is 10.8. The van der Waals surface area contributed by atoms with Crippen LogP contribution in [0.25, 0.3) is 10.9 Å². The van der Waals surface area contributed by atoms with Gasteiger partial charge in [-0.25, -0.2) is 13.6 Å². The van der Waals surface area contributed by atoms with E-state index in [1.165, 1.54) is 18.5 Å². The maximum Gasteiger partial charge on any atom is 0.238 e. The number of nitrogens with zero attached hydrogens (tertiary/aromatic N) is 1. The fourth-order valence-electron chi connectivity index (χ4n) is 2.28. The molecule has 0 aliphatic heterocycles. The summed E-state index contributed by atoms with van der Waals surface area (Å²) in [5, 5.41) is 6.21. The van der Waals surface area contributed by atoms with Crippen molar-refractivity contribution in [2.75, 3.05) is 0 Å². The number of aryl methyl sites for hydroxylation is 1. The number of aromatic nitrogens is 1. The zero-order valence-electron chi connectivity index (χ0n) is 9.55. The highest BCUT2D eigenvalue weighted by molar-refractivity contribution is 7.89. The second-order valence-corrected chi connectivity index (χ2v) is 6.23. The molecular formula is C12H14N2O2S. The number of nitrogens with two attached hydrogens (primary N) is 1. The molecule has 0 atom stereocenters. The Labute approximate surface area is 100 Å². The summed E-state index contributed by atoms with van der Waals surface area (Å²) in [5.41, 5.74) is 2.21. The van der Waals surface area contributed by atoms with Gasteiger partial charge in [-0.15, -0.1) is 0 Å². The number of fused-ring (bicyclic) bond motifs is 1. The van der Waals surface area contributed by atoms with Crippen molar-refractivity contribution >= 4 is 20.9 Å². The van der Waals surface area contributed by atoms with Crippen LogP contribution in [0.15, 0.2) is 29.2 Å². The minimum atomic E-state index is -3.62. The second kappa shape index (κ2) is 3.34. The standard InChI is InChI=1S/C12H14N2O2S/c1-14-11(8-2-3-8)6-9-4-5-10(7-12(9)14)17(13,15)16/h4-8H,2-3H2,1H3,(H2,13,15,16). The molecule has 0 saturated heterocycles. The van der Waals surface area contributed by atoms with Gasteiger partial charge in [-0.3, -0.25) is 0 Å². The van der Waals surface area contributed by atoms with Crippen LogP contribution in [0.1, 0.15) is 24.5 Å². The molecule has 0 unspecified atom stereocenters. The monoisotopic (exact) mass is 250 g/mol. The molecule has 2 aromatic rings. The van der Waals surface area contributed by atoms with E-state index >= 15 is 0 Å². The molecule has 1 heterocycles. The van der Waals surface area contributed by atoms with E-state index in [1.807, 2.05) is 13.1 Å². The van der Waals surface area contributed by atoms with Gasteiger partial charge in [0.1, 0.15) is 0 Å². The van der Waals surface area contributed by atoms with E-state index in [-0.39, 0.29) is 4.90 Å². The van der Waals surface area contributed by atoms with E-state index in [9.17, 15) is 8.42 Å². The molecule has 1 aromatic carbocycles. The lowest BCUT2D eigenvalue weighted by atomic mass is 10.2. The molecule has 0 radical (unpaired) electrons. The summed E-state index contributed by atoms with van der Waals surface area (Å²) in [5.74, 6) is 0.644. The summed E-state index contributed by atoms with van der Waals surface area (Å²) in [6.45, 7) is 0. The first-order valence-corrected chi connectivity index (χ1v) is 7.13. The smallest absolute Gasteiger partial charge is 0.238 e. The maximum absolute atomic E-state index is 11.3. The number of hydrogen-bond donors (Lipinski definition) is 1. The van der Waals surface area contributed by atoms with Crippen LogP contribution in [-0.2, 0) is 17.1 Å². The summed E-state index contributed by atoms with van der Waals surface area (Å²) >= 11 is 0. The minimum absolute atomic E-state index is 0.175. The fraction of sp³-hybridized carbons (Fsp3) is 0.333. The van der Waals surface area contributed by atoms with Gasteiger partial charge in [-0.05, 0) is 42.3 Å². The fourth-order valence-corrected chi connectivity index (χ4v) is 2.81. The number of benzene rings is 1. The lowest BCUT2D eigenvalue weighted by molar-refractivity contribution is 0.598. The highest BCUT2D eigenvalue weighted by Gasteiger charge is 2.27. The zero-order chi connectivity index (χ0) is 12.2. The number of rotatable bonds is 2. The molecule has 0 bridgehead atoms. The minimum Gasteiger partial charge on any atom is -0.347 e. The van der Waals surface area contributed by atoms with Crippen LogP contribution in [0.4, 0.5) is 0 Å². The summed E-state index contributed by atoms with van der Waals surface area (Å²) in [7, 11) is -1.64. The molecule has 0 amide bonds. The van der Waals surface area contributed by atoms with Crippen molar-refractivity contribution < 1.29 is 8.42 Å². The van der Waals surface area contributed by atoms with Crippen LogP contribution in [0.3, 0.4) is 0 Å². The Morgan fingerprint density at radius 1 is 1.29 bits per heavy atom. The Morgan fingerprint density at radius 3 is 2.59 bits per heavy atom. The third-order valence-electron chi connectivity index (χ3n) is 3.38. The molecule has 3 rings (SSSR count). The van der Waals surface area contributed by atoms with Crippen LogP contribution in [0, 0.1) is 0 Å². The average Bonchev–Trinajstić information content (AvgIpc) is 3.03. The van der Waals surface area contributed by atoms with Crippen molar-refractivity contribution in [3.8, 4) is 0 Å². The van der Waals surface area contributed by atoms with Gasteiger partial charge < -0.3 is 4.57 Å². The molecule has 4 nitrogen and oxygen atoms in total. The lowest BCUT2D eigenvalue weighted by Gasteiger charge is -2.03. The Bertz CT molecular complexity index is 697. The van der Waals surface area contributed by atoms with Crippen LogP contribution in [0.5, 0.6) is 0 Å². The largest absolute Gasteiger partial charge is 0.347 e. The highest BCUT2D eigenvalue weighted by Crippen LogP contribution is 2.42.